The standard InChI is InChI=1S/C25H24Cl2FN5O2/c1-13-8-22-18(12-31(13)24(34)16-4-5-19(26)20(27)9-16)23-25(35)32(11-14(2)33(23)30-22)15(3)21-10-17(28)6-7-29-21/h4-7,9-10,13-15H,8,11-12H2,1-3H3/t13-,14-,15-/m1/s1. The number of benzene rings is 1. The zero-order valence-electron chi connectivity index (χ0n) is 19.5. The highest BCUT2D eigenvalue weighted by Gasteiger charge is 2.40. The summed E-state index contributed by atoms with van der Waals surface area (Å²) in [7, 11) is 0. The molecule has 10 heteroatoms. The highest BCUT2D eigenvalue weighted by molar-refractivity contribution is 6.42. The van der Waals surface area contributed by atoms with Crippen LogP contribution >= 0.6 is 23.2 Å². The van der Waals surface area contributed by atoms with Gasteiger partial charge in [0.05, 0.1) is 40.1 Å². The number of rotatable bonds is 3. The van der Waals surface area contributed by atoms with Crippen LogP contribution in [0.3, 0.4) is 0 Å². The fraction of sp³-hybridized carbons (Fsp3) is 0.360. The molecule has 0 saturated heterocycles. The molecule has 0 N–H and O–H groups in total. The lowest BCUT2D eigenvalue weighted by molar-refractivity contribution is 0.0570. The third kappa shape index (κ3) is 4.08. The van der Waals surface area contributed by atoms with E-state index in [2.05, 4.69) is 4.98 Å². The number of fused-ring (bicyclic) bond motifs is 3. The number of amides is 2. The Hall–Kier alpha value is -2.97. The molecule has 2 aromatic heterocycles. The van der Waals surface area contributed by atoms with Crippen LogP contribution in [0.25, 0.3) is 0 Å². The van der Waals surface area contributed by atoms with Gasteiger partial charge in [0, 0.05) is 36.3 Å². The summed E-state index contributed by atoms with van der Waals surface area (Å²) in [5, 5.41) is 5.45. The lowest BCUT2D eigenvalue weighted by Gasteiger charge is -2.37. The predicted molar refractivity (Wildman–Crippen MR) is 130 cm³/mol. The minimum Gasteiger partial charge on any atom is -0.331 e. The third-order valence-corrected chi connectivity index (χ3v) is 7.59. The molecule has 35 heavy (non-hydrogen) atoms. The van der Waals surface area contributed by atoms with Crippen molar-refractivity contribution in [2.45, 2.75) is 51.9 Å². The topological polar surface area (TPSA) is 71.3 Å². The van der Waals surface area contributed by atoms with E-state index in [-0.39, 0.29) is 30.4 Å². The van der Waals surface area contributed by atoms with Gasteiger partial charge < -0.3 is 9.80 Å². The van der Waals surface area contributed by atoms with Gasteiger partial charge in [0.15, 0.2) is 0 Å². The smallest absolute Gasteiger partial charge is 0.273 e. The Labute approximate surface area is 212 Å². The van der Waals surface area contributed by atoms with Crippen LogP contribution in [0.15, 0.2) is 36.5 Å². The molecule has 7 nitrogen and oxygen atoms in total. The van der Waals surface area contributed by atoms with Crippen LogP contribution in [-0.4, -0.2) is 49.0 Å². The summed E-state index contributed by atoms with van der Waals surface area (Å²) in [5.74, 6) is -0.786. The van der Waals surface area contributed by atoms with Crippen LogP contribution in [0.5, 0.6) is 0 Å². The van der Waals surface area contributed by atoms with Crippen LogP contribution in [-0.2, 0) is 13.0 Å². The van der Waals surface area contributed by atoms with E-state index in [1.807, 2.05) is 20.8 Å². The van der Waals surface area contributed by atoms with Gasteiger partial charge in [0.1, 0.15) is 11.5 Å². The molecule has 4 heterocycles. The Morgan fingerprint density at radius 1 is 1.14 bits per heavy atom. The fourth-order valence-electron chi connectivity index (χ4n) is 4.90. The summed E-state index contributed by atoms with van der Waals surface area (Å²) in [4.78, 5) is 34.8. The molecule has 0 saturated carbocycles. The van der Waals surface area contributed by atoms with E-state index in [1.54, 1.807) is 32.7 Å². The molecule has 0 unspecified atom stereocenters. The van der Waals surface area contributed by atoms with E-state index < -0.39 is 11.9 Å². The van der Waals surface area contributed by atoms with Crippen LogP contribution < -0.4 is 0 Å². The van der Waals surface area contributed by atoms with E-state index in [1.165, 1.54) is 18.3 Å². The van der Waals surface area contributed by atoms with Crippen LogP contribution in [0.2, 0.25) is 10.0 Å². The van der Waals surface area contributed by atoms with Gasteiger partial charge in [0.2, 0.25) is 0 Å². The highest BCUT2D eigenvalue weighted by atomic mass is 35.5. The van der Waals surface area contributed by atoms with Crippen LogP contribution in [0, 0.1) is 5.82 Å². The number of carbonyl (C=O) groups is 2. The molecule has 2 aliphatic heterocycles. The van der Waals surface area contributed by atoms with E-state index >= 15 is 0 Å². The van der Waals surface area contributed by atoms with Gasteiger partial charge in [-0.05, 0) is 51.1 Å². The fourth-order valence-corrected chi connectivity index (χ4v) is 5.20. The number of carbonyl (C=O) groups excluding carboxylic acids is 2. The summed E-state index contributed by atoms with van der Waals surface area (Å²) in [6, 6.07) is 6.82. The Balaban J connectivity index is 1.48. The van der Waals surface area contributed by atoms with Crippen molar-refractivity contribution in [3.05, 3.63) is 80.6 Å². The molecular formula is C25H24Cl2FN5O2. The van der Waals surface area contributed by atoms with Crippen molar-refractivity contribution in [1.29, 1.82) is 0 Å². The monoisotopic (exact) mass is 515 g/mol. The summed E-state index contributed by atoms with van der Waals surface area (Å²) in [5.41, 5.74) is 2.96. The average molecular weight is 516 g/mol. The molecule has 1 aromatic carbocycles. The van der Waals surface area contributed by atoms with Crippen molar-refractivity contribution in [3.63, 3.8) is 0 Å². The third-order valence-electron chi connectivity index (χ3n) is 6.85. The van der Waals surface area contributed by atoms with E-state index in [4.69, 9.17) is 28.3 Å². The molecule has 182 valence electrons. The second-order valence-electron chi connectivity index (χ2n) is 9.21. The Morgan fingerprint density at radius 3 is 2.63 bits per heavy atom. The first-order valence-electron chi connectivity index (χ1n) is 11.4. The van der Waals surface area contributed by atoms with Crippen LogP contribution in [0.1, 0.15) is 70.7 Å². The number of pyridine rings is 1. The number of hydrogen-bond acceptors (Lipinski definition) is 4. The van der Waals surface area contributed by atoms with Gasteiger partial charge in [-0.15, -0.1) is 0 Å². The zero-order chi connectivity index (χ0) is 25.0. The number of nitrogens with zero attached hydrogens (tertiary/aromatic N) is 5. The van der Waals surface area contributed by atoms with Crippen LogP contribution in [0.4, 0.5) is 4.39 Å². The first-order chi connectivity index (χ1) is 16.7. The maximum Gasteiger partial charge on any atom is 0.273 e. The molecule has 0 bridgehead atoms. The molecule has 2 amide bonds. The van der Waals surface area contributed by atoms with E-state index in [9.17, 15) is 14.0 Å². The van der Waals surface area contributed by atoms with Crippen molar-refractivity contribution < 1.29 is 14.0 Å². The largest absolute Gasteiger partial charge is 0.331 e. The molecule has 0 spiro atoms. The summed E-state index contributed by atoms with van der Waals surface area (Å²) < 4.78 is 15.6. The predicted octanol–water partition coefficient (Wildman–Crippen LogP) is 5.09. The number of hydrogen-bond donors (Lipinski definition) is 0. The minimum absolute atomic E-state index is 0.0844. The Morgan fingerprint density at radius 2 is 1.91 bits per heavy atom. The van der Waals surface area contributed by atoms with Crippen molar-refractivity contribution in [3.8, 4) is 0 Å². The number of halogens is 3. The molecule has 3 aromatic rings. The average Bonchev–Trinajstić information content (AvgIpc) is 3.20. The molecule has 3 atom stereocenters. The lowest BCUT2D eigenvalue weighted by Crippen LogP contribution is -2.45. The van der Waals surface area contributed by atoms with Crippen molar-refractivity contribution >= 4 is 35.0 Å². The van der Waals surface area contributed by atoms with E-state index in [0.717, 1.165) is 11.3 Å². The molecule has 5 rings (SSSR count). The van der Waals surface area contributed by atoms with Crippen molar-refractivity contribution in [1.82, 2.24) is 24.6 Å². The SMILES string of the molecule is C[C@@H]1Cc2nn3c(c2CN1C(=O)c1ccc(Cl)c(Cl)c1)C(=O)N([C@H](C)c1cc(F)ccn1)C[C@H]3C. The second-order valence-corrected chi connectivity index (χ2v) is 10.0. The van der Waals surface area contributed by atoms with Gasteiger partial charge >= 0.3 is 0 Å². The van der Waals surface area contributed by atoms with Gasteiger partial charge in [-0.3, -0.25) is 19.3 Å². The van der Waals surface area contributed by atoms with Crippen molar-refractivity contribution in [2.75, 3.05) is 6.54 Å². The molecule has 0 radical (unpaired) electrons. The molecule has 0 aliphatic carbocycles. The Bertz CT molecular complexity index is 1340. The Kier molecular flexibility index (Phi) is 6.05. The lowest BCUT2D eigenvalue weighted by atomic mass is 9.97. The van der Waals surface area contributed by atoms with Gasteiger partial charge in [-0.2, -0.15) is 5.10 Å². The van der Waals surface area contributed by atoms with Gasteiger partial charge in [-0.1, -0.05) is 23.2 Å². The van der Waals surface area contributed by atoms with E-state index in [0.29, 0.717) is 40.0 Å². The molecule has 0 fully saturated rings. The first kappa shape index (κ1) is 23.8. The van der Waals surface area contributed by atoms with Gasteiger partial charge in [-0.25, -0.2) is 4.39 Å². The molecular weight excluding hydrogens is 492 g/mol. The molecule has 2 aliphatic rings. The highest BCUT2D eigenvalue weighted by Crippen LogP contribution is 2.35. The minimum atomic E-state index is -0.420. The maximum atomic E-state index is 13.8. The van der Waals surface area contributed by atoms with Crippen molar-refractivity contribution in [2.24, 2.45) is 0 Å². The summed E-state index contributed by atoms with van der Waals surface area (Å²) >= 11 is 12.2. The zero-order valence-corrected chi connectivity index (χ0v) is 21.0. The first-order valence-corrected chi connectivity index (χ1v) is 12.2. The summed E-state index contributed by atoms with van der Waals surface area (Å²) in [6.45, 7) is 6.48. The van der Waals surface area contributed by atoms with Gasteiger partial charge in [0.25, 0.3) is 11.8 Å². The maximum absolute atomic E-state index is 13.8. The second kappa shape index (κ2) is 8.91. The summed E-state index contributed by atoms with van der Waals surface area (Å²) in [6.07, 6.45) is 1.93. The quantitative estimate of drug-likeness (QED) is 0.487. The normalized spacial score (nSPS) is 20.5. The number of aromatic nitrogens is 3.